The molecule has 2 aromatic rings. The Morgan fingerprint density at radius 2 is 1.07 bits per heavy atom. The zero-order valence-corrected chi connectivity index (χ0v) is 23.7. The van der Waals surface area contributed by atoms with Crippen LogP contribution in [0.5, 0.6) is 0 Å². The number of rotatable bonds is 19. The van der Waals surface area contributed by atoms with Crippen LogP contribution in [0.2, 0.25) is 0 Å². The highest BCUT2D eigenvalue weighted by molar-refractivity contribution is 6.22. The van der Waals surface area contributed by atoms with Crippen LogP contribution in [0.15, 0.2) is 77.1 Å². The number of anilines is 3. The Labute approximate surface area is 246 Å². The lowest BCUT2D eigenvalue weighted by Gasteiger charge is -2.20. The SMILES string of the molecule is O=C1C=C(O)/C(=N/c2ccc(NCCN(CCO)CCO)cc2)C=C1Nc1ccc(NCCN(CCO)CCO)cc1. The monoisotopic (exact) mass is 582 g/mol. The molecule has 0 aliphatic heterocycles. The van der Waals surface area contributed by atoms with Crippen molar-refractivity contribution in [1.29, 1.82) is 0 Å². The van der Waals surface area contributed by atoms with Crippen molar-refractivity contribution in [3.05, 3.63) is 72.1 Å². The van der Waals surface area contributed by atoms with E-state index in [1.807, 2.05) is 46.2 Å². The molecule has 0 heterocycles. The molecule has 0 fully saturated rings. The first-order valence-electron chi connectivity index (χ1n) is 14.0. The van der Waals surface area contributed by atoms with Gasteiger partial charge in [0.05, 0.1) is 37.8 Å². The maximum atomic E-state index is 12.5. The second-order valence-corrected chi connectivity index (χ2v) is 9.63. The summed E-state index contributed by atoms with van der Waals surface area (Å²) in [7, 11) is 0. The molecule has 8 N–H and O–H groups in total. The van der Waals surface area contributed by atoms with Crippen molar-refractivity contribution in [2.24, 2.45) is 4.99 Å². The minimum Gasteiger partial charge on any atom is -0.506 e. The molecule has 0 bridgehead atoms. The zero-order chi connectivity index (χ0) is 30.2. The first kappa shape index (κ1) is 32.7. The summed E-state index contributed by atoms with van der Waals surface area (Å²) in [5.41, 5.74) is 3.62. The van der Waals surface area contributed by atoms with Crippen LogP contribution < -0.4 is 16.0 Å². The highest BCUT2D eigenvalue weighted by atomic mass is 16.3. The minimum atomic E-state index is -0.363. The lowest BCUT2D eigenvalue weighted by molar-refractivity contribution is -0.111. The van der Waals surface area contributed by atoms with E-state index < -0.39 is 0 Å². The number of hydrogen-bond donors (Lipinski definition) is 8. The number of aliphatic hydroxyl groups excluding tert-OH is 5. The molecule has 0 amide bonds. The summed E-state index contributed by atoms with van der Waals surface area (Å²) < 4.78 is 0. The molecule has 0 aromatic heterocycles. The molecule has 12 nitrogen and oxygen atoms in total. The van der Waals surface area contributed by atoms with Crippen molar-refractivity contribution in [3.8, 4) is 0 Å². The molecule has 42 heavy (non-hydrogen) atoms. The van der Waals surface area contributed by atoms with Gasteiger partial charge in [0.15, 0.2) is 0 Å². The van der Waals surface area contributed by atoms with Gasteiger partial charge in [-0.2, -0.15) is 0 Å². The Hall–Kier alpha value is -3.78. The van der Waals surface area contributed by atoms with Crippen molar-refractivity contribution in [3.63, 3.8) is 0 Å². The Kier molecular flexibility index (Phi) is 14.0. The highest BCUT2D eigenvalue weighted by Gasteiger charge is 2.19. The van der Waals surface area contributed by atoms with Gasteiger partial charge in [-0.15, -0.1) is 0 Å². The molecule has 0 unspecified atom stereocenters. The van der Waals surface area contributed by atoms with E-state index in [9.17, 15) is 9.90 Å². The standard InChI is InChI=1S/C30H42N6O6/c37-17-13-35(14-18-38)11-9-31-23-1-5-25(6-2-23)33-27-21-28(30(42)22-29(27)41)34-26-7-3-24(4-8-26)32-10-12-36(15-19-39)16-20-40/h1-8,21-22,31-33,37-40,42H,9-20H2/b34-28+. The average molecular weight is 583 g/mol. The summed E-state index contributed by atoms with van der Waals surface area (Å²) in [6, 6.07) is 14.8. The Morgan fingerprint density at radius 3 is 1.55 bits per heavy atom. The molecule has 2 aromatic carbocycles. The summed E-state index contributed by atoms with van der Waals surface area (Å²) >= 11 is 0. The van der Waals surface area contributed by atoms with Crippen molar-refractivity contribution in [2.75, 3.05) is 94.7 Å². The van der Waals surface area contributed by atoms with E-state index in [4.69, 9.17) is 20.4 Å². The van der Waals surface area contributed by atoms with Gasteiger partial charge >= 0.3 is 0 Å². The molecule has 0 radical (unpaired) electrons. The fourth-order valence-electron chi connectivity index (χ4n) is 4.32. The van der Waals surface area contributed by atoms with E-state index in [0.29, 0.717) is 63.7 Å². The first-order valence-corrected chi connectivity index (χ1v) is 14.0. The number of carbonyl (C=O) groups is 1. The van der Waals surface area contributed by atoms with Gasteiger partial charge in [0.25, 0.3) is 0 Å². The lowest BCUT2D eigenvalue weighted by atomic mass is 10.1. The second kappa shape index (κ2) is 17.9. The smallest absolute Gasteiger partial charge is 0.205 e. The quantitative estimate of drug-likeness (QED) is 0.112. The fourth-order valence-corrected chi connectivity index (χ4v) is 4.32. The number of aliphatic hydroxyl groups is 5. The molecule has 0 saturated heterocycles. The van der Waals surface area contributed by atoms with Gasteiger partial charge in [-0.1, -0.05) is 0 Å². The van der Waals surface area contributed by atoms with Crippen LogP contribution in [0.1, 0.15) is 0 Å². The number of ketones is 1. The van der Waals surface area contributed by atoms with Crippen molar-refractivity contribution in [1.82, 2.24) is 9.80 Å². The van der Waals surface area contributed by atoms with E-state index in [-0.39, 0.29) is 49.4 Å². The second-order valence-electron chi connectivity index (χ2n) is 9.63. The van der Waals surface area contributed by atoms with Gasteiger partial charge in [-0.05, 0) is 54.6 Å². The largest absolute Gasteiger partial charge is 0.506 e. The summed E-state index contributed by atoms with van der Waals surface area (Å²) in [5.74, 6) is -0.575. The van der Waals surface area contributed by atoms with E-state index in [1.165, 1.54) is 6.08 Å². The van der Waals surface area contributed by atoms with Gasteiger partial charge in [0.1, 0.15) is 11.5 Å². The molecule has 1 aliphatic rings. The number of nitrogens with zero attached hydrogens (tertiary/aromatic N) is 3. The van der Waals surface area contributed by atoms with E-state index >= 15 is 0 Å². The van der Waals surface area contributed by atoms with Crippen molar-refractivity contribution in [2.45, 2.75) is 0 Å². The van der Waals surface area contributed by atoms with Crippen LogP contribution in [-0.2, 0) is 4.79 Å². The predicted molar refractivity (Wildman–Crippen MR) is 166 cm³/mol. The van der Waals surface area contributed by atoms with Crippen molar-refractivity contribution < 1.29 is 30.3 Å². The maximum absolute atomic E-state index is 12.5. The maximum Gasteiger partial charge on any atom is 0.205 e. The van der Waals surface area contributed by atoms with Crippen LogP contribution >= 0.6 is 0 Å². The normalized spacial score (nSPS) is 14.3. The molecule has 0 atom stereocenters. The van der Waals surface area contributed by atoms with E-state index in [0.717, 1.165) is 17.5 Å². The Morgan fingerprint density at radius 1 is 0.619 bits per heavy atom. The number of nitrogens with one attached hydrogen (secondary N) is 3. The van der Waals surface area contributed by atoms with E-state index in [2.05, 4.69) is 20.9 Å². The van der Waals surface area contributed by atoms with Crippen LogP contribution in [0, 0.1) is 0 Å². The molecular weight excluding hydrogens is 540 g/mol. The van der Waals surface area contributed by atoms with Crippen molar-refractivity contribution >= 4 is 34.2 Å². The van der Waals surface area contributed by atoms with Crippen LogP contribution in [0.25, 0.3) is 0 Å². The third kappa shape index (κ3) is 10.9. The molecule has 1 aliphatic carbocycles. The van der Waals surface area contributed by atoms with Crippen LogP contribution in [0.4, 0.5) is 22.7 Å². The van der Waals surface area contributed by atoms with Gasteiger partial charge in [0, 0.05) is 75.5 Å². The van der Waals surface area contributed by atoms with Crippen LogP contribution in [0.3, 0.4) is 0 Å². The Balaban J connectivity index is 1.57. The van der Waals surface area contributed by atoms with Crippen LogP contribution in [-0.4, -0.2) is 126 Å². The molecular formula is C30H42N6O6. The lowest BCUT2D eigenvalue weighted by Crippen LogP contribution is -2.34. The molecule has 12 heteroatoms. The zero-order valence-electron chi connectivity index (χ0n) is 23.7. The average Bonchev–Trinajstić information content (AvgIpc) is 2.98. The third-order valence-corrected chi connectivity index (χ3v) is 6.54. The number of hydrogen-bond acceptors (Lipinski definition) is 12. The number of allylic oxidation sites excluding steroid dienone is 2. The van der Waals surface area contributed by atoms with Gasteiger partial charge in [-0.3, -0.25) is 14.6 Å². The fraction of sp³-hybridized carbons (Fsp3) is 0.400. The molecule has 0 saturated carbocycles. The molecule has 0 spiro atoms. The highest BCUT2D eigenvalue weighted by Crippen LogP contribution is 2.22. The van der Waals surface area contributed by atoms with Gasteiger partial charge < -0.3 is 41.5 Å². The number of carbonyl (C=O) groups excluding carboxylic acids is 1. The van der Waals surface area contributed by atoms with Gasteiger partial charge in [-0.25, -0.2) is 4.99 Å². The summed E-state index contributed by atoms with van der Waals surface area (Å²) in [6.45, 7) is 4.81. The molecule has 228 valence electrons. The number of aliphatic imine (C=N–C) groups is 1. The predicted octanol–water partition coefficient (Wildman–Crippen LogP) is 1.18. The Bertz CT molecular complexity index is 1190. The summed E-state index contributed by atoms with van der Waals surface area (Å²) in [6.07, 6.45) is 2.66. The third-order valence-electron chi connectivity index (χ3n) is 6.54. The minimum absolute atomic E-state index is 0.0387. The molecule has 3 rings (SSSR count). The summed E-state index contributed by atoms with van der Waals surface area (Å²) in [5, 5.41) is 56.6. The topological polar surface area (TPSA) is 173 Å². The number of benzene rings is 2. The van der Waals surface area contributed by atoms with Gasteiger partial charge in [0.2, 0.25) is 5.78 Å². The first-order chi connectivity index (χ1) is 20.4. The van der Waals surface area contributed by atoms with E-state index in [1.54, 1.807) is 12.1 Å². The summed E-state index contributed by atoms with van der Waals surface area (Å²) in [4.78, 5) is 21.0.